The zero-order chi connectivity index (χ0) is 21.1. The summed E-state index contributed by atoms with van der Waals surface area (Å²) in [6, 6.07) is 24.7. The first-order valence-corrected chi connectivity index (χ1v) is 10.4. The van der Waals surface area contributed by atoms with Crippen LogP contribution in [0.4, 0.5) is 0 Å². The van der Waals surface area contributed by atoms with Crippen LogP contribution in [0.3, 0.4) is 0 Å². The number of para-hydroxylation sites is 2. The van der Waals surface area contributed by atoms with Crippen molar-refractivity contribution in [2.24, 2.45) is 0 Å². The smallest absolute Gasteiger partial charge is 0.234 e. The van der Waals surface area contributed by atoms with Crippen molar-refractivity contribution in [2.75, 3.05) is 0 Å². The summed E-state index contributed by atoms with van der Waals surface area (Å²) in [5.41, 5.74) is 6.82. The van der Waals surface area contributed by atoms with Crippen LogP contribution in [-0.4, -0.2) is 29.1 Å². The Morgan fingerprint density at radius 2 is 1.25 bits per heavy atom. The Morgan fingerprint density at radius 3 is 2.12 bits per heavy atom. The van der Waals surface area contributed by atoms with Crippen molar-refractivity contribution in [3.05, 3.63) is 97.6 Å². The first-order chi connectivity index (χ1) is 15.9. The molecule has 0 aliphatic carbocycles. The molecule has 0 aliphatic heterocycles. The van der Waals surface area contributed by atoms with E-state index >= 15 is 0 Å². The molecule has 0 saturated heterocycles. The molecule has 7 aromatic rings. The number of hydrogen-bond acceptors (Lipinski definition) is 4. The molecule has 0 fully saturated rings. The maximum atomic E-state index is 4.89. The summed E-state index contributed by atoms with van der Waals surface area (Å²) < 4.78 is 4.37. The van der Waals surface area contributed by atoms with Gasteiger partial charge < -0.3 is 4.57 Å². The van der Waals surface area contributed by atoms with Gasteiger partial charge in [-0.1, -0.05) is 36.4 Å². The van der Waals surface area contributed by atoms with Gasteiger partial charge in [0.05, 0.1) is 16.6 Å². The molecule has 7 rings (SSSR count). The van der Waals surface area contributed by atoms with Crippen molar-refractivity contribution >= 4 is 43.9 Å². The number of fused-ring (bicyclic) bond motifs is 7. The van der Waals surface area contributed by atoms with Gasteiger partial charge in [-0.25, -0.2) is 9.97 Å². The lowest BCUT2D eigenvalue weighted by molar-refractivity contribution is 0.986. The lowest BCUT2D eigenvalue weighted by Crippen LogP contribution is -2.02. The van der Waals surface area contributed by atoms with Gasteiger partial charge in [0.2, 0.25) is 5.95 Å². The molecule has 0 atom stereocenters. The van der Waals surface area contributed by atoms with Crippen molar-refractivity contribution in [2.45, 2.75) is 0 Å². The second kappa shape index (κ2) is 6.46. The third kappa shape index (κ3) is 2.23. The molecular weight excluding hydrogens is 396 g/mol. The van der Waals surface area contributed by atoms with E-state index in [2.05, 4.69) is 72.6 Å². The minimum atomic E-state index is 0.597. The van der Waals surface area contributed by atoms with Gasteiger partial charge in [-0.15, -0.1) is 0 Å². The van der Waals surface area contributed by atoms with Gasteiger partial charge in [-0.2, -0.15) is 0 Å². The van der Waals surface area contributed by atoms with E-state index in [1.54, 1.807) is 18.6 Å². The molecule has 5 aromatic heterocycles. The van der Waals surface area contributed by atoms with Crippen molar-refractivity contribution in [1.82, 2.24) is 29.1 Å². The van der Waals surface area contributed by atoms with E-state index in [1.807, 2.05) is 30.5 Å². The summed E-state index contributed by atoms with van der Waals surface area (Å²) in [5, 5.41) is 2.23. The molecule has 150 valence electrons. The molecule has 6 heteroatoms. The largest absolute Gasteiger partial charge is 0.307 e. The van der Waals surface area contributed by atoms with Crippen LogP contribution in [0.15, 0.2) is 97.6 Å². The molecule has 0 saturated carbocycles. The van der Waals surface area contributed by atoms with Crippen LogP contribution in [-0.2, 0) is 0 Å². The summed E-state index contributed by atoms with van der Waals surface area (Å²) in [4.78, 5) is 18.7. The maximum Gasteiger partial charge on any atom is 0.234 e. The predicted molar refractivity (Wildman–Crippen MR) is 126 cm³/mol. The standard InChI is InChI=1S/C26H16N6/c1-2-8-17(9-3-1)31-20-11-5-4-10-18(20)19-16-30-23-22-21(12-6-13-27-22)32(25(23)24(19)31)26-28-14-7-15-29-26/h1-16H. The molecule has 0 unspecified atom stereocenters. The molecule has 0 radical (unpaired) electrons. The van der Waals surface area contributed by atoms with Crippen molar-refractivity contribution in [1.29, 1.82) is 0 Å². The number of aromatic nitrogens is 6. The number of pyridine rings is 2. The highest BCUT2D eigenvalue weighted by Gasteiger charge is 2.23. The fraction of sp³-hybridized carbons (Fsp3) is 0. The van der Waals surface area contributed by atoms with Gasteiger partial charge in [-0.3, -0.25) is 14.5 Å². The number of nitrogens with zero attached hydrogens (tertiary/aromatic N) is 6. The van der Waals surface area contributed by atoms with Crippen LogP contribution in [0, 0.1) is 0 Å². The molecule has 5 heterocycles. The summed E-state index contributed by atoms with van der Waals surface area (Å²) in [5.74, 6) is 0.597. The number of hydrogen-bond donors (Lipinski definition) is 0. The van der Waals surface area contributed by atoms with Gasteiger partial charge in [0.15, 0.2) is 0 Å². The molecule has 0 spiro atoms. The van der Waals surface area contributed by atoms with E-state index in [1.165, 1.54) is 0 Å². The van der Waals surface area contributed by atoms with E-state index in [9.17, 15) is 0 Å². The predicted octanol–water partition coefficient (Wildman–Crippen LogP) is 5.46. The van der Waals surface area contributed by atoms with Crippen LogP contribution < -0.4 is 0 Å². The van der Waals surface area contributed by atoms with Crippen molar-refractivity contribution in [3.63, 3.8) is 0 Å². The third-order valence-electron chi connectivity index (χ3n) is 5.93. The van der Waals surface area contributed by atoms with Gasteiger partial charge in [-0.05, 0) is 36.4 Å². The average molecular weight is 412 g/mol. The highest BCUT2D eigenvalue weighted by Crippen LogP contribution is 2.39. The Balaban J connectivity index is 1.81. The molecular formula is C26H16N6. The second-order valence-corrected chi connectivity index (χ2v) is 7.66. The monoisotopic (exact) mass is 412 g/mol. The van der Waals surface area contributed by atoms with Crippen LogP contribution >= 0.6 is 0 Å². The third-order valence-corrected chi connectivity index (χ3v) is 5.93. The lowest BCUT2D eigenvalue weighted by atomic mass is 10.2. The van der Waals surface area contributed by atoms with Gasteiger partial charge in [0.1, 0.15) is 16.6 Å². The van der Waals surface area contributed by atoms with E-state index in [4.69, 9.17) is 4.98 Å². The van der Waals surface area contributed by atoms with Crippen LogP contribution in [0.1, 0.15) is 0 Å². The molecule has 0 N–H and O–H groups in total. The summed E-state index contributed by atoms with van der Waals surface area (Å²) in [6.45, 7) is 0. The van der Waals surface area contributed by atoms with Crippen LogP contribution in [0.5, 0.6) is 0 Å². The van der Waals surface area contributed by atoms with E-state index in [0.717, 1.165) is 49.6 Å². The molecule has 0 aliphatic rings. The van der Waals surface area contributed by atoms with Crippen molar-refractivity contribution in [3.8, 4) is 11.6 Å². The zero-order valence-corrected chi connectivity index (χ0v) is 16.9. The molecule has 32 heavy (non-hydrogen) atoms. The molecule has 2 aromatic carbocycles. The van der Waals surface area contributed by atoms with Gasteiger partial charge >= 0.3 is 0 Å². The molecule has 0 bridgehead atoms. The van der Waals surface area contributed by atoms with E-state index in [-0.39, 0.29) is 0 Å². The highest BCUT2D eigenvalue weighted by atomic mass is 15.2. The fourth-order valence-corrected chi connectivity index (χ4v) is 4.66. The Kier molecular flexibility index (Phi) is 3.46. The number of rotatable bonds is 2. The summed E-state index contributed by atoms with van der Waals surface area (Å²) in [6.07, 6.45) is 7.29. The van der Waals surface area contributed by atoms with Crippen LogP contribution in [0.25, 0.3) is 55.5 Å². The Bertz CT molecular complexity index is 1630. The Morgan fingerprint density at radius 1 is 0.500 bits per heavy atom. The summed E-state index contributed by atoms with van der Waals surface area (Å²) >= 11 is 0. The SMILES string of the molecule is c1ccc(-n2c3ccccc3c3cnc4c5ncccc5n(-c5ncccn5)c4c32)cc1. The Labute approximate surface area is 182 Å². The van der Waals surface area contributed by atoms with Crippen molar-refractivity contribution < 1.29 is 0 Å². The first kappa shape index (κ1) is 17.1. The zero-order valence-electron chi connectivity index (χ0n) is 16.9. The number of benzene rings is 2. The second-order valence-electron chi connectivity index (χ2n) is 7.66. The highest BCUT2D eigenvalue weighted by molar-refractivity contribution is 6.21. The minimum absolute atomic E-state index is 0.597. The quantitative estimate of drug-likeness (QED) is 0.378. The van der Waals surface area contributed by atoms with Gasteiger partial charge in [0, 0.05) is 41.2 Å². The van der Waals surface area contributed by atoms with Gasteiger partial charge in [0.25, 0.3) is 0 Å². The lowest BCUT2D eigenvalue weighted by Gasteiger charge is -2.10. The van der Waals surface area contributed by atoms with E-state index in [0.29, 0.717) is 5.95 Å². The Hall–Kier alpha value is -4.58. The normalized spacial score (nSPS) is 11.8. The topological polar surface area (TPSA) is 61.4 Å². The molecule has 6 nitrogen and oxygen atoms in total. The van der Waals surface area contributed by atoms with Crippen LogP contribution in [0.2, 0.25) is 0 Å². The maximum absolute atomic E-state index is 4.89. The average Bonchev–Trinajstić information content (AvgIpc) is 3.38. The van der Waals surface area contributed by atoms with E-state index < -0.39 is 0 Å². The molecule has 0 amide bonds. The first-order valence-electron chi connectivity index (χ1n) is 10.4. The fourth-order valence-electron chi connectivity index (χ4n) is 4.66. The summed E-state index contributed by atoms with van der Waals surface area (Å²) in [7, 11) is 0. The minimum Gasteiger partial charge on any atom is -0.307 e.